The molecule has 0 atom stereocenters. The first kappa shape index (κ1) is 17.2. The number of amides is 3. The molecule has 0 radical (unpaired) electrons. The Morgan fingerprint density at radius 1 is 1.42 bits per heavy atom. The molecular formula is C14H16N4O6. The first-order valence-corrected chi connectivity index (χ1v) is 6.98. The van der Waals surface area contributed by atoms with Crippen LogP contribution < -0.4 is 15.0 Å². The van der Waals surface area contributed by atoms with Crippen molar-refractivity contribution in [2.75, 3.05) is 38.7 Å². The molecular weight excluding hydrogens is 320 g/mol. The molecule has 0 aromatic heterocycles. The highest BCUT2D eigenvalue weighted by Crippen LogP contribution is 2.34. The molecule has 0 saturated heterocycles. The number of benzene rings is 1. The van der Waals surface area contributed by atoms with E-state index in [1.807, 2.05) is 0 Å². The van der Waals surface area contributed by atoms with Crippen LogP contribution in [-0.2, 0) is 14.4 Å². The van der Waals surface area contributed by atoms with Crippen molar-refractivity contribution < 1.29 is 24.0 Å². The molecule has 0 aliphatic carbocycles. The fourth-order valence-corrected chi connectivity index (χ4v) is 2.01. The van der Waals surface area contributed by atoms with Gasteiger partial charge in [0.05, 0.1) is 17.2 Å². The Morgan fingerprint density at radius 3 is 2.75 bits per heavy atom. The molecule has 1 heterocycles. The largest absolute Gasteiger partial charge is 0.482 e. The van der Waals surface area contributed by atoms with Crippen LogP contribution in [0.4, 0.5) is 11.4 Å². The Bertz CT molecular complexity index is 703. The van der Waals surface area contributed by atoms with Crippen LogP contribution >= 0.6 is 0 Å². The lowest BCUT2D eigenvalue weighted by atomic mass is 10.2. The molecule has 128 valence electrons. The van der Waals surface area contributed by atoms with Crippen LogP contribution in [0, 0.1) is 10.1 Å². The molecule has 1 aromatic rings. The predicted octanol–water partition coefficient (Wildman–Crippen LogP) is -0.475. The normalized spacial score (nSPS) is 12.9. The maximum atomic E-state index is 12.0. The van der Waals surface area contributed by atoms with Gasteiger partial charge >= 0.3 is 0 Å². The van der Waals surface area contributed by atoms with Crippen LogP contribution in [0.2, 0.25) is 0 Å². The van der Waals surface area contributed by atoms with Gasteiger partial charge in [-0.05, 0) is 6.07 Å². The number of ether oxygens (including phenoxy) is 1. The van der Waals surface area contributed by atoms with Gasteiger partial charge in [-0.2, -0.15) is 0 Å². The summed E-state index contributed by atoms with van der Waals surface area (Å²) in [7, 11) is 3.10. The van der Waals surface area contributed by atoms with E-state index in [-0.39, 0.29) is 42.7 Å². The fraction of sp³-hybridized carbons (Fsp3) is 0.357. The molecule has 0 saturated carbocycles. The lowest BCUT2D eigenvalue weighted by molar-refractivity contribution is -0.384. The minimum absolute atomic E-state index is 0.148. The van der Waals surface area contributed by atoms with Crippen molar-refractivity contribution >= 4 is 29.1 Å². The zero-order chi connectivity index (χ0) is 17.9. The van der Waals surface area contributed by atoms with E-state index < -0.39 is 16.7 Å². The zero-order valence-corrected chi connectivity index (χ0v) is 13.1. The number of anilines is 1. The topological polar surface area (TPSA) is 122 Å². The lowest BCUT2D eigenvalue weighted by Gasteiger charge is -2.28. The van der Waals surface area contributed by atoms with Crippen LogP contribution in [0.25, 0.3) is 0 Å². The van der Waals surface area contributed by atoms with Gasteiger partial charge in [-0.15, -0.1) is 0 Å². The van der Waals surface area contributed by atoms with Gasteiger partial charge in [-0.3, -0.25) is 29.4 Å². The molecule has 2 rings (SSSR count). The Hall–Kier alpha value is -3.17. The Kier molecular flexibility index (Phi) is 4.97. The molecule has 24 heavy (non-hydrogen) atoms. The number of likely N-dealkylation sites (N-methyl/N-ethyl adjacent to an activating group) is 1. The first-order chi connectivity index (χ1) is 11.3. The first-order valence-electron chi connectivity index (χ1n) is 6.98. The maximum Gasteiger partial charge on any atom is 0.271 e. The van der Waals surface area contributed by atoms with Crippen molar-refractivity contribution in [2.45, 2.75) is 0 Å². The van der Waals surface area contributed by atoms with E-state index in [9.17, 15) is 24.5 Å². The number of nitrogens with one attached hydrogen (secondary N) is 1. The molecule has 0 fully saturated rings. The minimum Gasteiger partial charge on any atom is -0.482 e. The summed E-state index contributed by atoms with van der Waals surface area (Å²) in [5.41, 5.74) is -0.0743. The number of hydrogen-bond donors (Lipinski definition) is 1. The highest BCUT2D eigenvalue weighted by molar-refractivity contribution is 6.02. The molecule has 1 aliphatic rings. The standard InChI is InChI=1S/C14H16N4O6/c1-16(2)13(20)6-15-12(19)7-17-10-5-9(18(22)23)3-4-11(10)24-8-14(17)21/h3-5H,6-8H2,1-2H3,(H,15,19). The number of fused-ring (bicyclic) bond motifs is 1. The van der Waals surface area contributed by atoms with Crippen LogP contribution in [0.1, 0.15) is 0 Å². The van der Waals surface area contributed by atoms with Crippen LogP contribution in [0.5, 0.6) is 5.75 Å². The second-order valence-electron chi connectivity index (χ2n) is 5.24. The van der Waals surface area contributed by atoms with Gasteiger partial charge < -0.3 is 15.0 Å². The summed E-state index contributed by atoms with van der Waals surface area (Å²) in [6.07, 6.45) is 0. The van der Waals surface area contributed by atoms with E-state index in [1.165, 1.54) is 23.1 Å². The third-order valence-corrected chi connectivity index (χ3v) is 3.33. The molecule has 1 aromatic carbocycles. The minimum atomic E-state index is -0.604. The number of carbonyl (C=O) groups is 3. The van der Waals surface area contributed by atoms with Crippen molar-refractivity contribution in [3.8, 4) is 5.75 Å². The fourth-order valence-electron chi connectivity index (χ4n) is 2.01. The summed E-state index contributed by atoms with van der Waals surface area (Å²) in [6, 6.07) is 3.80. The van der Waals surface area contributed by atoms with Crippen molar-refractivity contribution in [1.29, 1.82) is 0 Å². The summed E-state index contributed by atoms with van der Waals surface area (Å²) in [6.45, 7) is -0.835. The highest BCUT2D eigenvalue weighted by atomic mass is 16.6. The number of rotatable bonds is 5. The number of non-ortho nitro benzene ring substituents is 1. The Labute approximate surface area is 137 Å². The highest BCUT2D eigenvalue weighted by Gasteiger charge is 2.29. The smallest absolute Gasteiger partial charge is 0.271 e. The molecule has 10 heteroatoms. The van der Waals surface area contributed by atoms with E-state index in [2.05, 4.69) is 5.32 Å². The van der Waals surface area contributed by atoms with E-state index >= 15 is 0 Å². The van der Waals surface area contributed by atoms with Crippen molar-refractivity contribution in [1.82, 2.24) is 10.2 Å². The molecule has 1 N–H and O–H groups in total. The summed E-state index contributed by atoms with van der Waals surface area (Å²) in [5.74, 6) is -1.08. The van der Waals surface area contributed by atoms with Gasteiger partial charge in [0, 0.05) is 26.2 Å². The number of carbonyl (C=O) groups excluding carboxylic acids is 3. The van der Waals surface area contributed by atoms with E-state index in [1.54, 1.807) is 14.1 Å². The van der Waals surface area contributed by atoms with Gasteiger partial charge in [0.15, 0.2) is 6.61 Å². The summed E-state index contributed by atoms with van der Waals surface area (Å²) in [5, 5.41) is 13.3. The third kappa shape index (κ3) is 3.77. The summed E-state index contributed by atoms with van der Waals surface area (Å²) >= 11 is 0. The van der Waals surface area contributed by atoms with E-state index in [0.717, 1.165) is 4.90 Å². The average Bonchev–Trinajstić information content (AvgIpc) is 2.54. The monoisotopic (exact) mass is 336 g/mol. The zero-order valence-electron chi connectivity index (χ0n) is 13.1. The number of nitro benzene ring substituents is 1. The second-order valence-corrected chi connectivity index (χ2v) is 5.24. The van der Waals surface area contributed by atoms with E-state index in [4.69, 9.17) is 4.74 Å². The van der Waals surface area contributed by atoms with Crippen molar-refractivity contribution in [3.63, 3.8) is 0 Å². The summed E-state index contributed by atoms with van der Waals surface area (Å²) in [4.78, 5) is 48.1. The molecule has 10 nitrogen and oxygen atoms in total. The maximum absolute atomic E-state index is 12.0. The van der Waals surface area contributed by atoms with Crippen LogP contribution in [-0.4, -0.2) is 61.3 Å². The Balaban J connectivity index is 2.14. The van der Waals surface area contributed by atoms with Gasteiger partial charge in [-0.25, -0.2) is 0 Å². The van der Waals surface area contributed by atoms with Crippen molar-refractivity contribution in [2.24, 2.45) is 0 Å². The van der Waals surface area contributed by atoms with Gasteiger partial charge in [0.25, 0.3) is 11.6 Å². The number of nitro groups is 1. The Morgan fingerprint density at radius 2 is 2.12 bits per heavy atom. The molecule has 0 spiro atoms. The quantitative estimate of drug-likeness (QED) is 0.573. The van der Waals surface area contributed by atoms with Gasteiger partial charge in [0.2, 0.25) is 11.8 Å². The van der Waals surface area contributed by atoms with Gasteiger partial charge in [-0.1, -0.05) is 0 Å². The molecule has 0 unspecified atom stereocenters. The van der Waals surface area contributed by atoms with Crippen molar-refractivity contribution in [3.05, 3.63) is 28.3 Å². The number of hydrogen-bond acceptors (Lipinski definition) is 6. The molecule has 1 aliphatic heterocycles. The molecule has 0 bridgehead atoms. The summed E-state index contributed by atoms with van der Waals surface area (Å²) < 4.78 is 5.21. The lowest BCUT2D eigenvalue weighted by Crippen LogP contribution is -2.46. The third-order valence-electron chi connectivity index (χ3n) is 3.33. The second kappa shape index (κ2) is 6.94. The van der Waals surface area contributed by atoms with Crippen LogP contribution in [0.3, 0.4) is 0 Å². The van der Waals surface area contributed by atoms with Gasteiger partial charge in [0.1, 0.15) is 12.3 Å². The SMILES string of the molecule is CN(C)C(=O)CNC(=O)CN1C(=O)COc2ccc([N+](=O)[O-])cc21. The molecule has 3 amide bonds. The van der Waals surface area contributed by atoms with E-state index in [0.29, 0.717) is 0 Å². The number of nitrogens with zero attached hydrogens (tertiary/aromatic N) is 3. The van der Waals surface area contributed by atoms with Crippen LogP contribution in [0.15, 0.2) is 18.2 Å². The predicted molar refractivity (Wildman–Crippen MR) is 82.6 cm³/mol. The average molecular weight is 336 g/mol.